The summed E-state index contributed by atoms with van der Waals surface area (Å²) in [5.41, 5.74) is 1.70. The Morgan fingerprint density at radius 3 is 2.67 bits per heavy atom. The Morgan fingerprint density at radius 2 is 1.97 bits per heavy atom. The van der Waals surface area contributed by atoms with Gasteiger partial charge in [0.15, 0.2) is 0 Å². The third kappa shape index (κ3) is 6.35. The van der Waals surface area contributed by atoms with Crippen molar-refractivity contribution in [3.05, 3.63) is 64.0 Å². The third-order valence-corrected chi connectivity index (χ3v) is 7.10. The molecule has 1 fully saturated rings. The summed E-state index contributed by atoms with van der Waals surface area (Å²) in [5, 5.41) is 9.02. The number of nitrogens with zero attached hydrogens (tertiary/aromatic N) is 4. The molecule has 3 heterocycles. The molecule has 0 spiro atoms. The van der Waals surface area contributed by atoms with E-state index in [1.807, 2.05) is 35.0 Å². The number of hydrogen-bond acceptors (Lipinski definition) is 8. The molecule has 0 bridgehead atoms. The van der Waals surface area contributed by atoms with Crippen LogP contribution in [0.25, 0.3) is 17.5 Å². The van der Waals surface area contributed by atoms with Crippen molar-refractivity contribution in [3.63, 3.8) is 0 Å². The molecule has 33 heavy (non-hydrogen) atoms. The summed E-state index contributed by atoms with van der Waals surface area (Å²) in [4.78, 5) is 21.0. The number of hydrogen-bond donors (Lipinski definition) is 1. The maximum Gasteiger partial charge on any atom is 0.241 e. The van der Waals surface area contributed by atoms with Crippen LogP contribution in [-0.4, -0.2) is 66.5 Å². The highest BCUT2D eigenvalue weighted by atomic mass is 32.2. The van der Waals surface area contributed by atoms with Gasteiger partial charge in [-0.1, -0.05) is 35.5 Å². The number of rotatable bonds is 8. The van der Waals surface area contributed by atoms with Crippen molar-refractivity contribution in [3.8, 4) is 11.4 Å². The van der Waals surface area contributed by atoms with Crippen LogP contribution in [0.3, 0.4) is 0 Å². The molecule has 1 amide bonds. The van der Waals surface area contributed by atoms with Gasteiger partial charge in [0.05, 0.1) is 12.6 Å². The van der Waals surface area contributed by atoms with Gasteiger partial charge in [0.2, 0.25) is 27.6 Å². The summed E-state index contributed by atoms with van der Waals surface area (Å²) in [6, 6.07) is 10.2. The van der Waals surface area contributed by atoms with E-state index in [1.54, 1.807) is 35.3 Å². The van der Waals surface area contributed by atoms with Crippen molar-refractivity contribution in [2.75, 3.05) is 26.2 Å². The summed E-state index contributed by atoms with van der Waals surface area (Å²) in [5.74, 6) is 0.855. The summed E-state index contributed by atoms with van der Waals surface area (Å²) >= 11 is 1.57. The second-order valence-corrected chi connectivity index (χ2v) is 10.1. The molecule has 0 radical (unpaired) electrons. The Kier molecular flexibility index (Phi) is 7.33. The molecule has 2 aromatic heterocycles. The van der Waals surface area contributed by atoms with E-state index in [9.17, 15) is 13.2 Å². The van der Waals surface area contributed by atoms with E-state index in [0.717, 1.165) is 16.5 Å². The molecule has 1 atom stereocenters. The molecule has 1 unspecified atom stereocenters. The first kappa shape index (κ1) is 23.3. The number of carbonyl (C=O) groups is 1. The number of carbonyl (C=O) groups excluding carboxylic acids is 1. The number of sulfonamides is 1. The van der Waals surface area contributed by atoms with Gasteiger partial charge in [-0.3, -0.25) is 9.69 Å². The molecular weight excluding hydrogens is 462 g/mol. The van der Waals surface area contributed by atoms with Gasteiger partial charge >= 0.3 is 0 Å². The van der Waals surface area contributed by atoms with Crippen molar-refractivity contribution in [1.29, 1.82) is 0 Å². The molecule has 3 aromatic rings. The molecule has 174 valence electrons. The molecule has 0 saturated carbocycles. The van der Waals surface area contributed by atoms with Crippen LogP contribution in [-0.2, 0) is 21.4 Å². The Hall–Kier alpha value is -2.86. The summed E-state index contributed by atoms with van der Waals surface area (Å²) < 4.78 is 32.5. The summed E-state index contributed by atoms with van der Waals surface area (Å²) in [7, 11) is -3.75. The normalized spacial score (nSPS) is 16.3. The van der Waals surface area contributed by atoms with E-state index < -0.39 is 16.1 Å². The van der Waals surface area contributed by atoms with Gasteiger partial charge < -0.3 is 9.42 Å². The van der Waals surface area contributed by atoms with Crippen LogP contribution in [0.1, 0.15) is 18.4 Å². The quantitative estimate of drug-likeness (QED) is 0.520. The topological polar surface area (TPSA) is 109 Å². The lowest BCUT2D eigenvalue weighted by Gasteiger charge is -2.35. The largest absolute Gasteiger partial charge is 0.339 e. The van der Waals surface area contributed by atoms with E-state index >= 15 is 0 Å². The number of aromatic nitrogens is 2. The fourth-order valence-electron chi connectivity index (χ4n) is 3.49. The molecule has 1 N–H and O–H groups in total. The van der Waals surface area contributed by atoms with Crippen molar-refractivity contribution >= 4 is 33.3 Å². The lowest BCUT2D eigenvalue weighted by Crippen LogP contribution is -2.53. The highest BCUT2D eigenvalue weighted by Gasteiger charge is 2.27. The Morgan fingerprint density at radius 1 is 1.21 bits per heavy atom. The number of benzene rings is 1. The fraction of sp³-hybridized carbons (Fsp3) is 0.318. The molecule has 9 nitrogen and oxygen atoms in total. The van der Waals surface area contributed by atoms with Gasteiger partial charge in [-0.2, -0.15) is 21.0 Å². The first-order chi connectivity index (χ1) is 15.9. The minimum absolute atomic E-state index is 0.246. The van der Waals surface area contributed by atoms with E-state index in [1.165, 1.54) is 6.08 Å². The van der Waals surface area contributed by atoms with E-state index in [0.29, 0.717) is 44.4 Å². The number of piperazine rings is 1. The zero-order valence-electron chi connectivity index (χ0n) is 18.1. The standard InChI is InChI=1S/C22H25N5O4S2/c1-17(25-33(29,30)14-8-18-5-3-2-4-6-18)22(28)27-11-9-26(10-12-27)15-20-23-21(24-31-20)19-7-13-32-16-19/h2-8,13-14,16-17,25H,9-12,15H2,1H3. The number of nitrogens with one attached hydrogen (secondary N) is 1. The second kappa shape index (κ2) is 10.4. The Bertz CT molecular complexity index is 1180. The van der Waals surface area contributed by atoms with Gasteiger partial charge in [-0.25, -0.2) is 8.42 Å². The van der Waals surface area contributed by atoms with Gasteiger partial charge in [-0.05, 0) is 30.0 Å². The molecule has 0 aliphatic carbocycles. The van der Waals surface area contributed by atoms with Crippen LogP contribution in [0.4, 0.5) is 0 Å². The van der Waals surface area contributed by atoms with E-state index in [-0.39, 0.29) is 5.91 Å². The van der Waals surface area contributed by atoms with Crippen LogP contribution >= 0.6 is 11.3 Å². The lowest BCUT2D eigenvalue weighted by molar-refractivity contribution is -0.134. The van der Waals surface area contributed by atoms with Crippen molar-refractivity contribution in [1.82, 2.24) is 24.7 Å². The van der Waals surface area contributed by atoms with Crippen LogP contribution < -0.4 is 4.72 Å². The fourth-order valence-corrected chi connectivity index (χ4v) is 5.13. The highest BCUT2D eigenvalue weighted by molar-refractivity contribution is 7.92. The molecule has 1 aromatic carbocycles. The molecule has 1 aliphatic heterocycles. The van der Waals surface area contributed by atoms with Gasteiger partial charge in [0.25, 0.3) is 0 Å². The SMILES string of the molecule is CC(NS(=O)(=O)C=Cc1ccccc1)C(=O)N1CCN(Cc2nc(-c3ccsc3)no2)CC1. The third-order valence-electron chi connectivity index (χ3n) is 5.24. The van der Waals surface area contributed by atoms with Crippen molar-refractivity contribution in [2.24, 2.45) is 0 Å². The smallest absolute Gasteiger partial charge is 0.241 e. The van der Waals surface area contributed by atoms with Crippen LogP contribution in [0, 0.1) is 0 Å². The average molecular weight is 488 g/mol. The van der Waals surface area contributed by atoms with E-state index in [2.05, 4.69) is 19.8 Å². The molecule has 4 rings (SSSR count). The number of amides is 1. The molecule has 1 aliphatic rings. The minimum atomic E-state index is -3.75. The van der Waals surface area contributed by atoms with Gasteiger partial charge in [0, 0.05) is 42.5 Å². The molecule has 11 heteroatoms. The van der Waals surface area contributed by atoms with Crippen LogP contribution in [0.2, 0.25) is 0 Å². The van der Waals surface area contributed by atoms with Gasteiger partial charge in [-0.15, -0.1) is 0 Å². The zero-order valence-corrected chi connectivity index (χ0v) is 19.8. The second-order valence-electron chi connectivity index (χ2n) is 7.72. The van der Waals surface area contributed by atoms with Gasteiger partial charge in [0.1, 0.15) is 0 Å². The summed E-state index contributed by atoms with van der Waals surface area (Å²) in [6.45, 7) is 4.33. The molecular formula is C22H25N5O4S2. The maximum absolute atomic E-state index is 12.8. The van der Waals surface area contributed by atoms with Crippen LogP contribution in [0.5, 0.6) is 0 Å². The molecule has 1 saturated heterocycles. The van der Waals surface area contributed by atoms with Crippen LogP contribution in [0.15, 0.2) is 57.1 Å². The van der Waals surface area contributed by atoms with Crippen molar-refractivity contribution < 1.29 is 17.7 Å². The average Bonchev–Trinajstić information content (AvgIpc) is 3.50. The predicted molar refractivity (Wildman–Crippen MR) is 126 cm³/mol. The predicted octanol–water partition coefficient (Wildman–Crippen LogP) is 2.42. The monoisotopic (exact) mass is 487 g/mol. The first-order valence-electron chi connectivity index (χ1n) is 10.5. The Labute approximate surface area is 196 Å². The zero-order chi connectivity index (χ0) is 23.3. The number of thiophene rings is 1. The Balaban J connectivity index is 1.26. The van der Waals surface area contributed by atoms with Crippen molar-refractivity contribution in [2.45, 2.75) is 19.5 Å². The summed E-state index contributed by atoms with van der Waals surface area (Å²) in [6.07, 6.45) is 1.50. The highest BCUT2D eigenvalue weighted by Crippen LogP contribution is 2.19. The van der Waals surface area contributed by atoms with E-state index in [4.69, 9.17) is 4.52 Å². The minimum Gasteiger partial charge on any atom is -0.339 e. The maximum atomic E-state index is 12.8. The first-order valence-corrected chi connectivity index (χ1v) is 13.0. The lowest BCUT2D eigenvalue weighted by atomic mass is 10.2.